The molecule has 1 aromatic rings. The van der Waals surface area contributed by atoms with E-state index < -0.39 is 18.2 Å². The van der Waals surface area contributed by atoms with Gasteiger partial charge in [0.15, 0.2) is 0 Å². The van der Waals surface area contributed by atoms with Gasteiger partial charge < -0.3 is 14.9 Å². The Morgan fingerprint density at radius 2 is 2.00 bits per heavy atom. The Bertz CT molecular complexity index is 319. The predicted molar refractivity (Wildman–Crippen MR) is 54.4 cm³/mol. The van der Waals surface area contributed by atoms with Crippen LogP contribution in [0.5, 0.6) is 0 Å². The van der Waals surface area contributed by atoms with Crippen molar-refractivity contribution in [3.8, 4) is 0 Å². The van der Waals surface area contributed by atoms with E-state index in [4.69, 9.17) is 9.84 Å². The number of aliphatic hydroxyl groups is 2. The van der Waals surface area contributed by atoms with Crippen molar-refractivity contribution < 1.29 is 19.7 Å². The normalized spacial score (nSPS) is 14.3. The summed E-state index contributed by atoms with van der Waals surface area (Å²) in [5.74, 6) is -0.510. The van der Waals surface area contributed by atoms with Gasteiger partial charge in [0.05, 0.1) is 12.2 Å². The molecule has 2 N–H and O–H groups in total. The highest BCUT2D eigenvalue weighted by Crippen LogP contribution is 2.06. The summed E-state index contributed by atoms with van der Waals surface area (Å²) in [5.41, 5.74) is -0.962. The summed E-state index contributed by atoms with van der Waals surface area (Å²) in [4.78, 5) is 11.4. The molecule has 0 aromatic heterocycles. The Labute approximate surface area is 88.1 Å². The second kappa shape index (κ2) is 4.91. The van der Waals surface area contributed by atoms with Crippen LogP contribution >= 0.6 is 0 Å². The van der Waals surface area contributed by atoms with Gasteiger partial charge in [-0.3, -0.25) is 0 Å². The van der Waals surface area contributed by atoms with Crippen molar-refractivity contribution in [1.29, 1.82) is 0 Å². The molecular formula is C11H14O4. The molecule has 0 fully saturated rings. The van der Waals surface area contributed by atoms with E-state index >= 15 is 0 Å². The number of carbonyl (C=O) groups is 1. The molecule has 15 heavy (non-hydrogen) atoms. The molecule has 1 atom stereocenters. The first-order valence-electron chi connectivity index (χ1n) is 4.60. The Hall–Kier alpha value is -1.39. The Balaban J connectivity index is 2.51. The summed E-state index contributed by atoms with van der Waals surface area (Å²) in [7, 11) is 0. The minimum Gasteiger partial charge on any atom is -0.459 e. The summed E-state index contributed by atoms with van der Waals surface area (Å²) < 4.78 is 4.83. The van der Waals surface area contributed by atoms with Gasteiger partial charge in [-0.25, -0.2) is 4.79 Å². The fourth-order valence-corrected chi connectivity index (χ4v) is 0.924. The monoisotopic (exact) mass is 210 g/mol. The van der Waals surface area contributed by atoms with E-state index in [1.165, 1.54) is 6.92 Å². The van der Waals surface area contributed by atoms with Crippen molar-refractivity contribution in [2.75, 3.05) is 13.2 Å². The zero-order valence-corrected chi connectivity index (χ0v) is 8.51. The van der Waals surface area contributed by atoms with Gasteiger partial charge >= 0.3 is 5.97 Å². The van der Waals surface area contributed by atoms with Crippen LogP contribution in [0.2, 0.25) is 0 Å². The van der Waals surface area contributed by atoms with Gasteiger partial charge in [0.2, 0.25) is 0 Å². The molecule has 0 bridgehead atoms. The van der Waals surface area contributed by atoms with Crippen molar-refractivity contribution in [2.45, 2.75) is 12.5 Å². The quantitative estimate of drug-likeness (QED) is 0.714. The van der Waals surface area contributed by atoms with E-state index in [2.05, 4.69) is 0 Å². The van der Waals surface area contributed by atoms with Gasteiger partial charge in [-0.1, -0.05) is 18.2 Å². The van der Waals surface area contributed by atoms with Crippen LogP contribution in [0.3, 0.4) is 0 Å². The molecule has 0 saturated heterocycles. The molecule has 0 heterocycles. The van der Waals surface area contributed by atoms with Crippen LogP contribution in [0, 0.1) is 0 Å². The maximum atomic E-state index is 11.4. The molecule has 0 aliphatic rings. The van der Waals surface area contributed by atoms with Crippen molar-refractivity contribution in [1.82, 2.24) is 0 Å². The Kier molecular flexibility index (Phi) is 3.82. The number of rotatable bonds is 4. The highest BCUT2D eigenvalue weighted by Gasteiger charge is 2.21. The molecule has 1 aromatic carbocycles. The molecule has 0 unspecified atom stereocenters. The van der Waals surface area contributed by atoms with E-state index in [1.54, 1.807) is 30.3 Å². The standard InChI is InChI=1S/C11H14O4/c1-11(14,7-12)8-15-10(13)9-5-3-2-4-6-9/h2-6,12,14H,7-8H2,1H3/t11-/m0/s1. The minimum atomic E-state index is -1.38. The van der Waals surface area contributed by atoms with Crippen molar-refractivity contribution >= 4 is 5.97 Å². The third-order valence-electron chi connectivity index (χ3n) is 1.86. The van der Waals surface area contributed by atoms with E-state index in [0.29, 0.717) is 5.56 Å². The maximum absolute atomic E-state index is 11.4. The highest BCUT2D eigenvalue weighted by atomic mass is 16.5. The van der Waals surface area contributed by atoms with Crippen LogP contribution in [-0.4, -0.2) is 35.0 Å². The van der Waals surface area contributed by atoms with Gasteiger partial charge in [-0.05, 0) is 19.1 Å². The van der Waals surface area contributed by atoms with E-state index in [0.717, 1.165) is 0 Å². The number of hydrogen-bond donors (Lipinski definition) is 2. The summed E-state index contributed by atoms with van der Waals surface area (Å²) in [6.45, 7) is 0.720. The average Bonchev–Trinajstić information content (AvgIpc) is 2.27. The number of aliphatic hydroxyl groups excluding tert-OH is 1. The number of benzene rings is 1. The summed E-state index contributed by atoms with van der Waals surface area (Å²) >= 11 is 0. The fourth-order valence-electron chi connectivity index (χ4n) is 0.924. The molecule has 0 aliphatic heterocycles. The average molecular weight is 210 g/mol. The van der Waals surface area contributed by atoms with Crippen LogP contribution in [0.1, 0.15) is 17.3 Å². The topological polar surface area (TPSA) is 66.8 Å². The van der Waals surface area contributed by atoms with Gasteiger partial charge in [0.25, 0.3) is 0 Å². The second-order valence-corrected chi connectivity index (χ2v) is 3.60. The zero-order chi connectivity index (χ0) is 11.3. The largest absolute Gasteiger partial charge is 0.459 e. The highest BCUT2D eigenvalue weighted by molar-refractivity contribution is 5.89. The van der Waals surface area contributed by atoms with Gasteiger partial charge in [0.1, 0.15) is 12.2 Å². The molecule has 0 amide bonds. The van der Waals surface area contributed by atoms with Crippen molar-refractivity contribution in [3.05, 3.63) is 35.9 Å². The maximum Gasteiger partial charge on any atom is 0.338 e. The SMILES string of the molecule is C[C@](O)(CO)COC(=O)c1ccccc1. The molecule has 0 radical (unpaired) electrons. The van der Waals surface area contributed by atoms with Crippen LogP contribution in [-0.2, 0) is 4.74 Å². The predicted octanol–water partition coefficient (Wildman–Crippen LogP) is 0.587. The first kappa shape index (κ1) is 11.7. The van der Waals surface area contributed by atoms with Gasteiger partial charge in [0, 0.05) is 0 Å². The third kappa shape index (κ3) is 3.69. The molecule has 0 aliphatic carbocycles. The molecule has 82 valence electrons. The molecule has 1 rings (SSSR count). The molecule has 4 nitrogen and oxygen atoms in total. The lowest BCUT2D eigenvalue weighted by molar-refractivity contribution is -0.0511. The van der Waals surface area contributed by atoms with E-state index in [9.17, 15) is 9.90 Å². The van der Waals surface area contributed by atoms with Gasteiger partial charge in [-0.2, -0.15) is 0 Å². The number of ether oxygens (including phenoxy) is 1. The summed E-state index contributed by atoms with van der Waals surface area (Å²) in [6, 6.07) is 8.48. The lowest BCUT2D eigenvalue weighted by Gasteiger charge is -2.19. The van der Waals surface area contributed by atoms with E-state index in [-0.39, 0.29) is 6.61 Å². The van der Waals surface area contributed by atoms with Crippen molar-refractivity contribution in [3.63, 3.8) is 0 Å². The lowest BCUT2D eigenvalue weighted by atomic mass is 10.1. The third-order valence-corrected chi connectivity index (χ3v) is 1.86. The molecular weight excluding hydrogens is 196 g/mol. The van der Waals surface area contributed by atoms with Crippen LogP contribution in [0.4, 0.5) is 0 Å². The number of hydrogen-bond acceptors (Lipinski definition) is 4. The smallest absolute Gasteiger partial charge is 0.338 e. The molecule has 4 heteroatoms. The lowest BCUT2D eigenvalue weighted by Crippen LogP contribution is -2.35. The first-order chi connectivity index (χ1) is 7.05. The van der Waals surface area contributed by atoms with Crippen molar-refractivity contribution in [2.24, 2.45) is 0 Å². The number of esters is 1. The Morgan fingerprint density at radius 1 is 1.40 bits per heavy atom. The summed E-state index contributed by atoms with van der Waals surface area (Å²) in [5, 5.41) is 18.1. The summed E-state index contributed by atoms with van der Waals surface area (Å²) in [6.07, 6.45) is 0. The fraction of sp³-hybridized carbons (Fsp3) is 0.364. The zero-order valence-electron chi connectivity index (χ0n) is 8.51. The van der Waals surface area contributed by atoms with Crippen LogP contribution < -0.4 is 0 Å². The second-order valence-electron chi connectivity index (χ2n) is 3.60. The van der Waals surface area contributed by atoms with Gasteiger partial charge in [-0.15, -0.1) is 0 Å². The first-order valence-corrected chi connectivity index (χ1v) is 4.60. The molecule has 0 saturated carbocycles. The minimum absolute atomic E-state index is 0.225. The van der Waals surface area contributed by atoms with E-state index in [1.807, 2.05) is 0 Å². The number of carbonyl (C=O) groups excluding carboxylic acids is 1. The van der Waals surface area contributed by atoms with Crippen LogP contribution in [0.15, 0.2) is 30.3 Å². The van der Waals surface area contributed by atoms with Crippen LogP contribution in [0.25, 0.3) is 0 Å². The Morgan fingerprint density at radius 3 is 2.53 bits per heavy atom. The molecule has 0 spiro atoms.